The van der Waals surface area contributed by atoms with E-state index in [0.717, 1.165) is 38.5 Å². The summed E-state index contributed by atoms with van der Waals surface area (Å²) in [6.07, 6.45) is 6.68. The van der Waals surface area contributed by atoms with E-state index in [4.69, 9.17) is 0 Å². The number of hydrogen-bond acceptors (Lipinski definition) is 2. The van der Waals surface area contributed by atoms with E-state index >= 15 is 0 Å². The fourth-order valence-corrected chi connectivity index (χ4v) is 6.74. The molecule has 4 aliphatic rings. The van der Waals surface area contributed by atoms with Gasteiger partial charge in [-0.05, 0) is 73.5 Å². The minimum atomic E-state index is -1.05. The van der Waals surface area contributed by atoms with Gasteiger partial charge < -0.3 is 10.2 Å². The monoisotopic (exact) mass is 308 g/mol. The average Bonchev–Trinajstić information content (AvgIpc) is 2.70. The van der Waals surface area contributed by atoms with E-state index in [2.05, 4.69) is 19.9 Å². The van der Waals surface area contributed by atoms with E-state index in [9.17, 15) is 14.6 Å². The van der Waals surface area contributed by atoms with Gasteiger partial charge >= 0.3 is 0 Å². The van der Waals surface area contributed by atoms with Crippen LogP contribution in [-0.2, 0) is 0 Å². The summed E-state index contributed by atoms with van der Waals surface area (Å²) >= 11 is 0. The molecule has 0 aromatic carbocycles. The zero-order valence-corrected chi connectivity index (χ0v) is 13.8. The van der Waals surface area contributed by atoms with Crippen LogP contribution in [0.2, 0.25) is 0 Å². The van der Waals surface area contributed by atoms with Crippen LogP contribution in [0.15, 0.2) is 11.6 Å². The van der Waals surface area contributed by atoms with Gasteiger partial charge in [0.05, 0.1) is 12.2 Å². The molecule has 3 heteroatoms. The molecular formula is C19H29FO2. The summed E-state index contributed by atoms with van der Waals surface area (Å²) in [6.45, 7) is 4.44. The first-order chi connectivity index (χ1) is 10.4. The summed E-state index contributed by atoms with van der Waals surface area (Å²) in [7, 11) is 0. The lowest BCUT2D eigenvalue weighted by Crippen LogP contribution is -2.52. The second-order valence-electron chi connectivity index (χ2n) is 8.90. The second kappa shape index (κ2) is 4.80. The molecule has 0 heterocycles. The molecule has 124 valence electrons. The lowest BCUT2D eigenvalue weighted by atomic mass is 9.47. The normalized spacial score (nSPS) is 57.6. The van der Waals surface area contributed by atoms with E-state index in [-0.39, 0.29) is 16.9 Å². The molecule has 22 heavy (non-hydrogen) atoms. The number of allylic oxidation sites excluding steroid dienone is 1. The molecule has 2 nitrogen and oxygen atoms in total. The van der Waals surface area contributed by atoms with Gasteiger partial charge in [0.1, 0.15) is 6.17 Å². The van der Waals surface area contributed by atoms with Crippen molar-refractivity contribution in [1.29, 1.82) is 0 Å². The van der Waals surface area contributed by atoms with Crippen LogP contribution in [0, 0.1) is 28.6 Å². The third kappa shape index (κ3) is 1.84. The molecule has 2 N–H and O–H groups in total. The average molecular weight is 308 g/mol. The lowest BCUT2D eigenvalue weighted by molar-refractivity contribution is -0.0857. The van der Waals surface area contributed by atoms with Gasteiger partial charge in [-0.25, -0.2) is 4.39 Å². The van der Waals surface area contributed by atoms with Crippen molar-refractivity contribution in [3.63, 3.8) is 0 Å². The molecule has 3 fully saturated rings. The van der Waals surface area contributed by atoms with E-state index in [0.29, 0.717) is 24.2 Å². The van der Waals surface area contributed by atoms with Crippen molar-refractivity contribution in [1.82, 2.24) is 0 Å². The smallest absolute Gasteiger partial charge is 0.127 e. The minimum Gasteiger partial charge on any atom is -0.393 e. The third-order valence-corrected chi connectivity index (χ3v) is 7.97. The van der Waals surface area contributed by atoms with Crippen LogP contribution in [0.4, 0.5) is 4.39 Å². The minimum absolute atomic E-state index is 0.0985. The predicted octanol–water partition coefficient (Wildman–Crippen LogP) is 3.62. The van der Waals surface area contributed by atoms with E-state index < -0.39 is 12.3 Å². The van der Waals surface area contributed by atoms with E-state index in [1.165, 1.54) is 5.57 Å². The molecule has 0 aromatic heterocycles. The third-order valence-electron chi connectivity index (χ3n) is 7.97. The number of aliphatic hydroxyl groups is 2. The topological polar surface area (TPSA) is 40.5 Å². The number of halogens is 1. The summed E-state index contributed by atoms with van der Waals surface area (Å²) < 4.78 is 14.2. The summed E-state index contributed by atoms with van der Waals surface area (Å²) in [4.78, 5) is 0. The van der Waals surface area contributed by atoms with Gasteiger partial charge in [-0.3, -0.25) is 0 Å². The van der Waals surface area contributed by atoms with Gasteiger partial charge in [0, 0.05) is 0 Å². The maximum Gasteiger partial charge on any atom is 0.127 e. The van der Waals surface area contributed by atoms with Gasteiger partial charge in [-0.1, -0.05) is 25.5 Å². The zero-order chi connectivity index (χ0) is 15.7. The molecule has 4 rings (SSSR count). The first-order valence-corrected chi connectivity index (χ1v) is 9.06. The molecule has 0 bridgehead atoms. The largest absolute Gasteiger partial charge is 0.393 e. The van der Waals surface area contributed by atoms with Crippen LogP contribution in [-0.4, -0.2) is 28.6 Å². The molecule has 0 aromatic rings. The number of aliphatic hydroxyl groups excluding tert-OH is 2. The van der Waals surface area contributed by atoms with Gasteiger partial charge in [0.15, 0.2) is 0 Å². The number of hydrogen-bond donors (Lipinski definition) is 2. The Morgan fingerprint density at radius 2 is 1.95 bits per heavy atom. The van der Waals surface area contributed by atoms with Gasteiger partial charge in [0.25, 0.3) is 0 Å². The molecule has 0 aliphatic heterocycles. The highest BCUT2D eigenvalue weighted by Crippen LogP contribution is 2.65. The van der Waals surface area contributed by atoms with Crippen molar-refractivity contribution in [2.45, 2.75) is 77.2 Å². The summed E-state index contributed by atoms with van der Waals surface area (Å²) in [5.41, 5.74) is 1.41. The van der Waals surface area contributed by atoms with Crippen molar-refractivity contribution in [2.24, 2.45) is 28.6 Å². The highest BCUT2D eigenvalue weighted by molar-refractivity contribution is 5.25. The number of alkyl halides is 1. The van der Waals surface area contributed by atoms with Crippen LogP contribution in [0.25, 0.3) is 0 Å². The molecule has 3 saturated carbocycles. The van der Waals surface area contributed by atoms with Crippen molar-refractivity contribution in [3.8, 4) is 0 Å². The summed E-state index contributed by atoms with van der Waals surface area (Å²) in [5.74, 6) is 1.38. The maximum atomic E-state index is 14.2. The molecular weight excluding hydrogens is 279 g/mol. The van der Waals surface area contributed by atoms with Crippen LogP contribution in [0.5, 0.6) is 0 Å². The fraction of sp³-hybridized carbons (Fsp3) is 0.895. The SMILES string of the molecule is C[C@]12CC[C@H]3[C@@H](CCC4=CC[C@H](O)C[C@@]43C)[C@@H]1C[C@H](F)[C@H]2O. The highest BCUT2D eigenvalue weighted by atomic mass is 19.1. The summed E-state index contributed by atoms with van der Waals surface area (Å²) in [6, 6.07) is 0. The molecule has 0 saturated heterocycles. The van der Waals surface area contributed by atoms with Crippen LogP contribution in [0.1, 0.15) is 58.8 Å². The fourth-order valence-electron chi connectivity index (χ4n) is 6.74. The van der Waals surface area contributed by atoms with Crippen molar-refractivity contribution in [3.05, 3.63) is 11.6 Å². The van der Waals surface area contributed by atoms with Crippen molar-refractivity contribution < 1.29 is 14.6 Å². The van der Waals surface area contributed by atoms with E-state index in [1.54, 1.807) is 0 Å². The Morgan fingerprint density at radius 1 is 1.18 bits per heavy atom. The van der Waals surface area contributed by atoms with Crippen molar-refractivity contribution in [2.75, 3.05) is 0 Å². The first kappa shape index (κ1) is 15.1. The Labute approximate surface area is 132 Å². The Bertz CT molecular complexity index is 504. The lowest BCUT2D eigenvalue weighted by Gasteiger charge is -2.58. The van der Waals surface area contributed by atoms with Crippen LogP contribution < -0.4 is 0 Å². The van der Waals surface area contributed by atoms with Crippen LogP contribution >= 0.6 is 0 Å². The quantitative estimate of drug-likeness (QED) is 0.671. The predicted molar refractivity (Wildman–Crippen MR) is 84.0 cm³/mol. The van der Waals surface area contributed by atoms with Crippen molar-refractivity contribution >= 4 is 0 Å². The standard InChI is InChI=1S/C19H29FO2/c1-18-8-7-14-13(15(18)9-16(20)17(18)22)6-4-11-3-5-12(21)10-19(11,14)2/h3,12-17,21-22H,4-10H2,1-2H3/t12-,13+,14-,15-,16-,17+,18-,19-/m0/s1. The molecule has 0 spiro atoms. The zero-order valence-electron chi connectivity index (χ0n) is 13.8. The molecule has 0 radical (unpaired) electrons. The molecule has 8 atom stereocenters. The molecule has 0 unspecified atom stereocenters. The van der Waals surface area contributed by atoms with Gasteiger partial charge in [0.2, 0.25) is 0 Å². The molecule has 4 aliphatic carbocycles. The number of rotatable bonds is 0. The Morgan fingerprint density at radius 3 is 2.73 bits per heavy atom. The number of fused-ring (bicyclic) bond motifs is 5. The van der Waals surface area contributed by atoms with Gasteiger partial charge in [-0.15, -0.1) is 0 Å². The summed E-state index contributed by atoms with van der Waals surface area (Å²) in [5, 5.41) is 20.5. The van der Waals surface area contributed by atoms with Gasteiger partial charge in [-0.2, -0.15) is 0 Å². The Hall–Kier alpha value is -0.410. The van der Waals surface area contributed by atoms with E-state index in [1.807, 2.05) is 0 Å². The first-order valence-electron chi connectivity index (χ1n) is 9.06. The Balaban J connectivity index is 1.68. The Kier molecular flexibility index (Phi) is 3.30. The second-order valence-corrected chi connectivity index (χ2v) is 8.90. The maximum absolute atomic E-state index is 14.2. The van der Waals surface area contributed by atoms with Crippen LogP contribution in [0.3, 0.4) is 0 Å². The molecule has 0 amide bonds. The highest BCUT2D eigenvalue weighted by Gasteiger charge is 2.61.